The second kappa shape index (κ2) is 6.00. The topological polar surface area (TPSA) is 113 Å². The molecule has 0 aliphatic heterocycles. The number of H-pyrrole nitrogens is 2. The molecular weight excluding hydrogens is 262 g/mol. The van der Waals surface area contributed by atoms with Crippen LogP contribution in [0.15, 0.2) is 34.1 Å². The van der Waals surface area contributed by atoms with Crippen LogP contribution in [0.5, 0.6) is 0 Å². The summed E-state index contributed by atoms with van der Waals surface area (Å²) in [5, 5.41) is 5.05. The molecule has 8 nitrogen and oxygen atoms in total. The van der Waals surface area contributed by atoms with E-state index in [1.54, 1.807) is 12.4 Å². The van der Waals surface area contributed by atoms with Crippen molar-refractivity contribution in [2.75, 3.05) is 0 Å². The van der Waals surface area contributed by atoms with Gasteiger partial charge in [-0.2, -0.15) is 0 Å². The predicted molar refractivity (Wildman–Crippen MR) is 71.1 cm³/mol. The highest BCUT2D eigenvalue weighted by molar-refractivity contribution is 5.76. The minimum atomic E-state index is -0.439. The van der Waals surface area contributed by atoms with E-state index in [0.717, 1.165) is 16.8 Å². The smallest absolute Gasteiger partial charge is 0.265 e. The van der Waals surface area contributed by atoms with Gasteiger partial charge in [0.05, 0.1) is 6.04 Å². The number of hydrogen-bond donors (Lipinski definition) is 3. The highest BCUT2D eigenvalue weighted by Gasteiger charge is 2.15. The molecule has 20 heavy (non-hydrogen) atoms. The van der Waals surface area contributed by atoms with E-state index in [4.69, 9.17) is 0 Å². The monoisotopic (exact) mass is 277 g/mol. The van der Waals surface area contributed by atoms with Crippen molar-refractivity contribution < 1.29 is 4.79 Å². The van der Waals surface area contributed by atoms with Gasteiger partial charge in [-0.05, 0) is 6.42 Å². The zero-order valence-electron chi connectivity index (χ0n) is 10.9. The first kappa shape index (κ1) is 13.8. The molecule has 0 aliphatic rings. The lowest BCUT2D eigenvalue weighted by Crippen LogP contribution is -2.37. The van der Waals surface area contributed by atoms with E-state index in [9.17, 15) is 14.4 Å². The van der Waals surface area contributed by atoms with Gasteiger partial charge in [0, 0.05) is 24.5 Å². The van der Waals surface area contributed by atoms with Crippen molar-refractivity contribution in [1.82, 2.24) is 25.1 Å². The van der Waals surface area contributed by atoms with Gasteiger partial charge in [-0.25, -0.2) is 9.67 Å². The molecule has 0 saturated heterocycles. The van der Waals surface area contributed by atoms with Crippen LogP contribution in [0.1, 0.15) is 25.2 Å². The van der Waals surface area contributed by atoms with Crippen LogP contribution in [-0.4, -0.2) is 25.7 Å². The van der Waals surface area contributed by atoms with Crippen LogP contribution in [0.4, 0.5) is 0 Å². The molecule has 0 saturated carbocycles. The Labute approximate surface area is 113 Å². The lowest BCUT2D eigenvalue weighted by molar-refractivity contribution is -0.122. The Morgan fingerprint density at radius 3 is 2.90 bits per heavy atom. The maximum absolute atomic E-state index is 11.9. The Balaban J connectivity index is 2.07. The first-order valence-corrected chi connectivity index (χ1v) is 6.19. The summed E-state index contributed by atoms with van der Waals surface area (Å²) in [5.74, 6) is 0.270. The molecule has 0 spiro atoms. The van der Waals surface area contributed by atoms with Gasteiger partial charge >= 0.3 is 0 Å². The Bertz CT molecular complexity index is 686. The third-order valence-electron chi connectivity index (χ3n) is 2.78. The second-order valence-corrected chi connectivity index (χ2v) is 4.24. The number of carbonyl (C=O) groups is 1. The number of hydrogen-bond acceptors (Lipinski definition) is 4. The van der Waals surface area contributed by atoms with E-state index in [1.165, 1.54) is 0 Å². The van der Waals surface area contributed by atoms with E-state index in [2.05, 4.69) is 20.4 Å². The number of amides is 1. The summed E-state index contributed by atoms with van der Waals surface area (Å²) < 4.78 is 0.965. The van der Waals surface area contributed by atoms with Gasteiger partial charge in [0.15, 0.2) is 0 Å². The van der Waals surface area contributed by atoms with Crippen LogP contribution in [0.3, 0.4) is 0 Å². The number of aromatic nitrogens is 4. The van der Waals surface area contributed by atoms with Crippen molar-refractivity contribution in [3.05, 3.63) is 51.1 Å². The molecule has 0 aromatic carbocycles. The van der Waals surface area contributed by atoms with Gasteiger partial charge < -0.3 is 10.3 Å². The van der Waals surface area contributed by atoms with Crippen LogP contribution in [0.2, 0.25) is 0 Å². The average Bonchev–Trinajstić information content (AvgIpc) is 2.94. The predicted octanol–water partition coefficient (Wildman–Crippen LogP) is -0.473. The average molecular weight is 277 g/mol. The molecule has 8 heteroatoms. The molecule has 2 aromatic rings. The summed E-state index contributed by atoms with van der Waals surface area (Å²) in [6, 6.07) is 1.98. The van der Waals surface area contributed by atoms with Crippen molar-refractivity contribution in [3.8, 4) is 0 Å². The van der Waals surface area contributed by atoms with Crippen LogP contribution in [-0.2, 0) is 11.3 Å². The Hall–Kier alpha value is -2.64. The van der Waals surface area contributed by atoms with Gasteiger partial charge in [0.25, 0.3) is 11.1 Å². The molecule has 3 N–H and O–H groups in total. The quantitative estimate of drug-likeness (QED) is 0.685. The zero-order chi connectivity index (χ0) is 14.5. The van der Waals surface area contributed by atoms with Gasteiger partial charge in [-0.3, -0.25) is 19.5 Å². The molecule has 2 aromatic heterocycles. The van der Waals surface area contributed by atoms with Gasteiger partial charge in [-0.1, -0.05) is 6.92 Å². The largest absolute Gasteiger partial charge is 0.347 e. The van der Waals surface area contributed by atoms with E-state index < -0.39 is 11.1 Å². The molecule has 2 rings (SSSR count). The summed E-state index contributed by atoms with van der Waals surface area (Å²) in [4.78, 5) is 41.5. The second-order valence-electron chi connectivity index (χ2n) is 4.24. The maximum atomic E-state index is 11.9. The minimum absolute atomic E-state index is 0.244. The van der Waals surface area contributed by atoms with E-state index in [1.807, 2.05) is 6.92 Å². The number of nitrogens with zero attached hydrogens (tertiary/aromatic N) is 2. The Morgan fingerprint density at radius 1 is 1.45 bits per heavy atom. The number of nitrogens with one attached hydrogen (secondary N) is 3. The van der Waals surface area contributed by atoms with Crippen molar-refractivity contribution >= 4 is 5.91 Å². The normalized spacial score (nSPS) is 12.1. The van der Waals surface area contributed by atoms with Crippen molar-refractivity contribution in [3.63, 3.8) is 0 Å². The summed E-state index contributed by atoms with van der Waals surface area (Å²) in [7, 11) is 0. The van der Waals surface area contributed by atoms with Gasteiger partial charge in [0.1, 0.15) is 12.4 Å². The molecular formula is C12H15N5O3. The molecule has 0 aliphatic carbocycles. The fourth-order valence-corrected chi connectivity index (χ4v) is 1.80. The third-order valence-corrected chi connectivity index (χ3v) is 2.78. The Morgan fingerprint density at radius 2 is 2.25 bits per heavy atom. The van der Waals surface area contributed by atoms with Crippen LogP contribution in [0, 0.1) is 0 Å². The fourth-order valence-electron chi connectivity index (χ4n) is 1.80. The van der Waals surface area contributed by atoms with Gasteiger partial charge in [-0.15, -0.1) is 0 Å². The van der Waals surface area contributed by atoms with Crippen LogP contribution >= 0.6 is 0 Å². The number of aromatic amines is 2. The summed E-state index contributed by atoms with van der Waals surface area (Å²) in [5.41, 5.74) is -0.874. The van der Waals surface area contributed by atoms with E-state index in [-0.39, 0.29) is 18.5 Å². The van der Waals surface area contributed by atoms with Crippen LogP contribution in [0.25, 0.3) is 0 Å². The number of imidazole rings is 1. The highest BCUT2D eigenvalue weighted by atomic mass is 16.2. The highest BCUT2D eigenvalue weighted by Crippen LogP contribution is 2.10. The summed E-state index contributed by atoms with van der Waals surface area (Å²) in [6.45, 7) is 1.66. The summed E-state index contributed by atoms with van der Waals surface area (Å²) >= 11 is 0. The summed E-state index contributed by atoms with van der Waals surface area (Å²) in [6.07, 6.45) is 3.92. The molecule has 1 amide bonds. The minimum Gasteiger partial charge on any atom is -0.347 e. The molecule has 0 radical (unpaired) electrons. The number of rotatable bonds is 5. The van der Waals surface area contributed by atoms with Crippen molar-refractivity contribution in [2.24, 2.45) is 0 Å². The molecule has 0 fully saturated rings. The maximum Gasteiger partial charge on any atom is 0.265 e. The first-order valence-electron chi connectivity index (χ1n) is 6.19. The Kier molecular flexibility index (Phi) is 4.14. The molecule has 106 valence electrons. The molecule has 1 atom stereocenters. The number of carbonyl (C=O) groups excluding carboxylic acids is 1. The standard InChI is InChI=1S/C12H15N5O3/c1-2-8(12-13-5-6-14-12)15-10(19)7-17-11(20)4-3-9(18)16-17/h3-6,8H,2,7H2,1H3,(H,13,14)(H,15,19)(H,16,18). The SMILES string of the molecule is CCC(NC(=O)Cn1[nH]c(=O)ccc1=O)c1ncc[nH]1. The van der Waals surface area contributed by atoms with Crippen molar-refractivity contribution in [2.45, 2.75) is 25.9 Å². The first-order chi connectivity index (χ1) is 9.60. The van der Waals surface area contributed by atoms with E-state index >= 15 is 0 Å². The molecule has 0 bridgehead atoms. The molecule has 2 heterocycles. The third kappa shape index (κ3) is 3.22. The zero-order valence-corrected chi connectivity index (χ0v) is 10.9. The van der Waals surface area contributed by atoms with E-state index in [0.29, 0.717) is 12.2 Å². The molecule has 1 unspecified atom stereocenters. The fraction of sp³-hybridized carbons (Fsp3) is 0.333. The van der Waals surface area contributed by atoms with Crippen molar-refractivity contribution in [1.29, 1.82) is 0 Å². The lowest BCUT2D eigenvalue weighted by Gasteiger charge is -2.15. The van der Waals surface area contributed by atoms with Crippen LogP contribution < -0.4 is 16.4 Å². The van der Waals surface area contributed by atoms with Gasteiger partial charge in [0.2, 0.25) is 5.91 Å². The lowest BCUT2D eigenvalue weighted by atomic mass is 10.2.